The van der Waals surface area contributed by atoms with Gasteiger partial charge in [-0.25, -0.2) is 15.0 Å². The van der Waals surface area contributed by atoms with Crippen LogP contribution in [-0.2, 0) is 6.54 Å². The lowest BCUT2D eigenvalue weighted by Crippen LogP contribution is -2.23. The lowest BCUT2D eigenvalue weighted by Gasteiger charge is -2.22. The quantitative estimate of drug-likeness (QED) is 0.725. The number of halogens is 1. The first-order valence-corrected chi connectivity index (χ1v) is 7.44. The van der Waals surface area contributed by atoms with E-state index in [1.807, 2.05) is 41.1 Å². The normalized spacial score (nSPS) is 10.6. The molecular formula is C16H16ClN5. The van der Waals surface area contributed by atoms with Gasteiger partial charge in [0.15, 0.2) is 0 Å². The van der Waals surface area contributed by atoms with Gasteiger partial charge in [-0.2, -0.15) is 0 Å². The molecule has 3 aromatic rings. The van der Waals surface area contributed by atoms with Gasteiger partial charge in [0.05, 0.1) is 0 Å². The minimum atomic E-state index is 0.705. The van der Waals surface area contributed by atoms with Crippen LogP contribution in [0.25, 0.3) is 5.82 Å². The Bertz CT molecular complexity index is 742. The average Bonchev–Trinajstić information content (AvgIpc) is 3.09. The van der Waals surface area contributed by atoms with Crippen LogP contribution >= 0.6 is 11.6 Å². The first kappa shape index (κ1) is 14.5. The van der Waals surface area contributed by atoms with Crippen LogP contribution in [0, 0.1) is 0 Å². The molecule has 112 valence electrons. The third kappa shape index (κ3) is 3.09. The van der Waals surface area contributed by atoms with Gasteiger partial charge in [-0.15, -0.1) is 0 Å². The molecular weight excluding hydrogens is 298 g/mol. The summed E-state index contributed by atoms with van der Waals surface area (Å²) in [7, 11) is 0. The van der Waals surface area contributed by atoms with Crippen molar-refractivity contribution < 1.29 is 0 Å². The maximum atomic E-state index is 6.25. The molecule has 0 radical (unpaired) electrons. The molecule has 0 bridgehead atoms. The first-order chi connectivity index (χ1) is 10.8. The molecule has 0 fully saturated rings. The Kier molecular flexibility index (Phi) is 4.34. The van der Waals surface area contributed by atoms with Gasteiger partial charge >= 0.3 is 0 Å². The molecule has 0 unspecified atom stereocenters. The number of imidazole rings is 1. The Balaban J connectivity index is 1.88. The van der Waals surface area contributed by atoms with Crippen molar-refractivity contribution in [2.24, 2.45) is 0 Å². The number of aromatic nitrogens is 4. The van der Waals surface area contributed by atoms with Gasteiger partial charge in [-0.05, 0) is 18.6 Å². The van der Waals surface area contributed by atoms with E-state index in [1.54, 1.807) is 18.9 Å². The van der Waals surface area contributed by atoms with Crippen LogP contribution in [0.15, 0.2) is 55.4 Å². The Labute approximate surface area is 134 Å². The topological polar surface area (TPSA) is 46.8 Å². The maximum Gasteiger partial charge on any atom is 0.143 e. The standard InChI is InChI=1S/C16H16ClN5/c1-2-21(10-13-5-3-4-6-14(13)17)15-9-16(20-11-19-15)22-8-7-18-12-22/h3-9,11-12H,2,10H2,1H3. The predicted molar refractivity (Wildman–Crippen MR) is 87.3 cm³/mol. The van der Waals surface area contributed by atoms with Gasteiger partial charge in [0.2, 0.25) is 0 Å². The van der Waals surface area contributed by atoms with Crippen LogP contribution in [0.3, 0.4) is 0 Å². The van der Waals surface area contributed by atoms with Gasteiger partial charge in [-0.1, -0.05) is 29.8 Å². The minimum Gasteiger partial charge on any atom is -0.352 e. The van der Waals surface area contributed by atoms with E-state index in [9.17, 15) is 0 Å². The molecule has 0 saturated heterocycles. The van der Waals surface area contributed by atoms with Gasteiger partial charge < -0.3 is 4.90 Å². The molecule has 0 aliphatic carbocycles. The summed E-state index contributed by atoms with van der Waals surface area (Å²) in [5.74, 6) is 1.65. The lowest BCUT2D eigenvalue weighted by molar-refractivity contribution is 0.806. The maximum absolute atomic E-state index is 6.25. The zero-order valence-corrected chi connectivity index (χ0v) is 13.0. The van der Waals surface area contributed by atoms with Crippen molar-refractivity contribution in [3.05, 3.63) is 66.0 Å². The number of hydrogen-bond acceptors (Lipinski definition) is 4. The summed E-state index contributed by atoms with van der Waals surface area (Å²) in [6, 6.07) is 9.81. The van der Waals surface area contributed by atoms with Gasteiger partial charge in [0.1, 0.15) is 24.3 Å². The second-order valence-electron chi connectivity index (χ2n) is 4.81. The summed E-state index contributed by atoms with van der Waals surface area (Å²) >= 11 is 6.25. The van der Waals surface area contributed by atoms with E-state index in [0.29, 0.717) is 6.54 Å². The third-order valence-electron chi connectivity index (χ3n) is 3.43. The van der Waals surface area contributed by atoms with Crippen molar-refractivity contribution >= 4 is 17.4 Å². The zero-order valence-electron chi connectivity index (χ0n) is 12.2. The minimum absolute atomic E-state index is 0.705. The molecule has 0 atom stereocenters. The molecule has 0 spiro atoms. The highest BCUT2D eigenvalue weighted by atomic mass is 35.5. The van der Waals surface area contributed by atoms with Crippen molar-refractivity contribution in [2.45, 2.75) is 13.5 Å². The molecule has 1 aromatic carbocycles. The highest BCUT2D eigenvalue weighted by molar-refractivity contribution is 6.31. The van der Waals surface area contributed by atoms with E-state index in [0.717, 1.165) is 28.8 Å². The van der Waals surface area contributed by atoms with Crippen LogP contribution in [0.1, 0.15) is 12.5 Å². The number of anilines is 1. The smallest absolute Gasteiger partial charge is 0.143 e. The zero-order chi connectivity index (χ0) is 15.4. The van der Waals surface area contributed by atoms with Crippen LogP contribution < -0.4 is 4.90 Å². The summed E-state index contributed by atoms with van der Waals surface area (Å²) in [5.41, 5.74) is 1.08. The van der Waals surface area contributed by atoms with E-state index < -0.39 is 0 Å². The number of nitrogens with zero attached hydrogens (tertiary/aromatic N) is 5. The molecule has 0 aliphatic rings. The van der Waals surface area contributed by atoms with Crippen molar-refractivity contribution in [1.29, 1.82) is 0 Å². The van der Waals surface area contributed by atoms with Gasteiger partial charge in [0.25, 0.3) is 0 Å². The highest BCUT2D eigenvalue weighted by Crippen LogP contribution is 2.21. The van der Waals surface area contributed by atoms with Crippen LogP contribution in [0.5, 0.6) is 0 Å². The number of hydrogen-bond donors (Lipinski definition) is 0. The molecule has 22 heavy (non-hydrogen) atoms. The summed E-state index contributed by atoms with van der Waals surface area (Å²) in [5, 5.41) is 0.768. The SMILES string of the molecule is CCN(Cc1ccccc1Cl)c1cc(-n2ccnc2)ncn1. The van der Waals surface area contributed by atoms with Gasteiger partial charge in [-0.3, -0.25) is 4.57 Å². The second-order valence-corrected chi connectivity index (χ2v) is 5.22. The van der Waals surface area contributed by atoms with Crippen LogP contribution in [0.4, 0.5) is 5.82 Å². The summed E-state index contributed by atoms with van der Waals surface area (Å²) in [6.07, 6.45) is 6.87. The fourth-order valence-electron chi connectivity index (χ4n) is 2.23. The monoisotopic (exact) mass is 313 g/mol. The summed E-state index contributed by atoms with van der Waals surface area (Å²) in [4.78, 5) is 14.9. The second kappa shape index (κ2) is 6.58. The molecule has 0 amide bonds. The Morgan fingerprint density at radius 1 is 1.23 bits per heavy atom. The Morgan fingerprint density at radius 2 is 2.09 bits per heavy atom. The molecule has 3 rings (SSSR count). The van der Waals surface area contributed by atoms with Crippen molar-refractivity contribution in [2.75, 3.05) is 11.4 Å². The summed E-state index contributed by atoms with van der Waals surface area (Å²) in [6.45, 7) is 3.62. The first-order valence-electron chi connectivity index (χ1n) is 7.06. The molecule has 0 saturated carbocycles. The molecule has 6 heteroatoms. The van der Waals surface area contributed by atoms with E-state index in [1.165, 1.54) is 0 Å². The Morgan fingerprint density at radius 3 is 2.82 bits per heavy atom. The molecule has 2 heterocycles. The fourth-order valence-corrected chi connectivity index (χ4v) is 2.43. The van der Waals surface area contributed by atoms with E-state index in [2.05, 4.69) is 26.8 Å². The van der Waals surface area contributed by atoms with E-state index >= 15 is 0 Å². The predicted octanol–water partition coefficient (Wildman–Crippen LogP) is 3.34. The van der Waals surface area contributed by atoms with E-state index in [-0.39, 0.29) is 0 Å². The van der Waals surface area contributed by atoms with Crippen LogP contribution in [-0.4, -0.2) is 26.1 Å². The molecule has 5 nitrogen and oxygen atoms in total. The summed E-state index contributed by atoms with van der Waals surface area (Å²) < 4.78 is 1.86. The highest BCUT2D eigenvalue weighted by Gasteiger charge is 2.10. The lowest BCUT2D eigenvalue weighted by atomic mass is 10.2. The fraction of sp³-hybridized carbons (Fsp3) is 0.188. The number of benzene rings is 1. The largest absolute Gasteiger partial charge is 0.352 e. The molecule has 2 aromatic heterocycles. The van der Waals surface area contributed by atoms with Gasteiger partial charge in [0, 0.05) is 36.6 Å². The van der Waals surface area contributed by atoms with Crippen LogP contribution in [0.2, 0.25) is 5.02 Å². The Hall–Kier alpha value is -2.40. The van der Waals surface area contributed by atoms with E-state index in [4.69, 9.17) is 11.6 Å². The molecule has 0 N–H and O–H groups in total. The average molecular weight is 314 g/mol. The third-order valence-corrected chi connectivity index (χ3v) is 3.80. The van der Waals surface area contributed by atoms with Crippen molar-refractivity contribution in [3.8, 4) is 5.82 Å². The molecule has 0 aliphatic heterocycles. The van der Waals surface area contributed by atoms with Crippen molar-refractivity contribution in [1.82, 2.24) is 19.5 Å². The number of rotatable bonds is 5. The van der Waals surface area contributed by atoms with Crippen molar-refractivity contribution in [3.63, 3.8) is 0 Å².